The molecule has 0 fully saturated rings. The molecule has 3 rings (SSSR count). The van der Waals surface area contributed by atoms with Gasteiger partial charge in [0.1, 0.15) is 0 Å². The molecule has 20 heavy (non-hydrogen) atoms. The number of hydrogen-bond acceptors (Lipinski definition) is 2. The molecule has 2 aromatic carbocycles. The van der Waals surface area contributed by atoms with Gasteiger partial charge >= 0.3 is 0 Å². The van der Waals surface area contributed by atoms with E-state index in [1.54, 1.807) is 0 Å². The summed E-state index contributed by atoms with van der Waals surface area (Å²) >= 11 is 5.46. The van der Waals surface area contributed by atoms with Crippen molar-refractivity contribution >= 4 is 37.5 Å². The lowest BCUT2D eigenvalue weighted by molar-refractivity contribution is 0.771. The standard InChI is InChI=1S/C17H16BrNS/c1-12-5-4-6-13(9-12)14(11-18)10-17-19-15-7-2-3-8-16(15)20-17/h2-9,14H,10-11H2,1H3. The van der Waals surface area contributed by atoms with Gasteiger partial charge in [0.25, 0.3) is 0 Å². The normalized spacial score (nSPS) is 12.7. The Morgan fingerprint density at radius 2 is 2.00 bits per heavy atom. The summed E-state index contributed by atoms with van der Waals surface area (Å²) in [7, 11) is 0. The van der Waals surface area contributed by atoms with E-state index in [1.165, 1.54) is 20.8 Å². The van der Waals surface area contributed by atoms with E-state index in [9.17, 15) is 0 Å². The minimum atomic E-state index is 0.482. The molecule has 0 radical (unpaired) electrons. The maximum Gasteiger partial charge on any atom is 0.0945 e. The van der Waals surface area contributed by atoms with Gasteiger partial charge in [-0.2, -0.15) is 0 Å². The first kappa shape index (κ1) is 13.8. The van der Waals surface area contributed by atoms with Crippen molar-refractivity contribution in [2.45, 2.75) is 19.3 Å². The average molecular weight is 346 g/mol. The maximum absolute atomic E-state index is 4.75. The van der Waals surface area contributed by atoms with Gasteiger partial charge in [0.2, 0.25) is 0 Å². The fourth-order valence-electron chi connectivity index (χ4n) is 2.40. The smallest absolute Gasteiger partial charge is 0.0945 e. The number of rotatable bonds is 4. The number of alkyl halides is 1. The van der Waals surface area contributed by atoms with Crippen LogP contribution in [0.3, 0.4) is 0 Å². The number of halogens is 1. The van der Waals surface area contributed by atoms with E-state index in [4.69, 9.17) is 4.98 Å². The number of nitrogens with zero attached hydrogens (tertiary/aromatic N) is 1. The summed E-state index contributed by atoms with van der Waals surface area (Å²) in [6.07, 6.45) is 0.994. The van der Waals surface area contributed by atoms with Crippen molar-refractivity contribution in [2.75, 3.05) is 5.33 Å². The lowest BCUT2D eigenvalue weighted by Crippen LogP contribution is -2.04. The molecule has 0 aliphatic heterocycles. The molecule has 0 N–H and O–H groups in total. The van der Waals surface area contributed by atoms with E-state index in [1.807, 2.05) is 17.4 Å². The van der Waals surface area contributed by atoms with E-state index in [2.05, 4.69) is 65.3 Å². The highest BCUT2D eigenvalue weighted by Crippen LogP contribution is 2.28. The van der Waals surface area contributed by atoms with Gasteiger partial charge in [-0.3, -0.25) is 0 Å². The van der Waals surface area contributed by atoms with Crippen LogP contribution >= 0.6 is 27.3 Å². The molecule has 1 atom stereocenters. The lowest BCUT2D eigenvalue weighted by atomic mass is 9.97. The van der Waals surface area contributed by atoms with Crippen LogP contribution in [0.5, 0.6) is 0 Å². The molecule has 102 valence electrons. The predicted octanol–water partition coefficient (Wildman–Crippen LogP) is 5.33. The van der Waals surface area contributed by atoms with Crippen LogP contribution in [0, 0.1) is 6.92 Å². The summed E-state index contributed by atoms with van der Waals surface area (Å²) in [5.41, 5.74) is 3.82. The molecule has 0 aliphatic carbocycles. The summed E-state index contributed by atoms with van der Waals surface area (Å²) in [5, 5.41) is 2.18. The predicted molar refractivity (Wildman–Crippen MR) is 91.0 cm³/mol. The summed E-state index contributed by atoms with van der Waals surface area (Å²) in [6, 6.07) is 17.1. The zero-order valence-corrected chi connectivity index (χ0v) is 13.7. The molecular formula is C17H16BrNS. The Balaban J connectivity index is 1.87. The van der Waals surface area contributed by atoms with Crippen LogP contribution in [0.2, 0.25) is 0 Å². The second-order valence-electron chi connectivity index (χ2n) is 5.04. The number of aryl methyl sites for hydroxylation is 1. The highest BCUT2D eigenvalue weighted by Gasteiger charge is 2.14. The topological polar surface area (TPSA) is 12.9 Å². The van der Waals surface area contributed by atoms with Gasteiger partial charge in [0, 0.05) is 11.8 Å². The Labute approximate surface area is 131 Å². The Hall–Kier alpha value is -1.19. The van der Waals surface area contributed by atoms with E-state index in [0.717, 1.165) is 17.3 Å². The van der Waals surface area contributed by atoms with Crippen molar-refractivity contribution in [1.29, 1.82) is 0 Å². The summed E-state index contributed by atoms with van der Waals surface area (Å²) in [5.74, 6) is 0.482. The molecule has 1 aromatic heterocycles. The third-order valence-corrected chi connectivity index (χ3v) is 5.30. The van der Waals surface area contributed by atoms with E-state index in [0.29, 0.717) is 5.92 Å². The molecule has 3 heteroatoms. The third-order valence-electron chi connectivity index (χ3n) is 3.46. The van der Waals surface area contributed by atoms with E-state index >= 15 is 0 Å². The number of thiazole rings is 1. The first-order chi connectivity index (χ1) is 9.76. The van der Waals surface area contributed by atoms with Gasteiger partial charge in [-0.05, 0) is 30.5 Å². The molecule has 1 nitrogen and oxygen atoms in total. The van der Waals surface area contributed by atoms with Crippen molar-refractivity contribution in [3.8, 4) is 0 Å². The van der Waals surface area contributed by atoms with Gasteiger partial charge < -0.3 is 0 Å². The quantitative estimate of drug-likeness (QED) is 0.582. The Kier molecular flexibility index (Phi) is 4.18. The number of aromatic nitrogens is 1. The maximum atomic E-state index is 4.75. The van der Waals surface area contributed by atoms with Crippen LogP contribution in [0.15, 0.2) is 48.5 Å². The molecular weight excluding hydrogens is 330 g/mol. The number of hydrogen-bond donors (Lipinski definition) is 0. The molecule has 0 spiro atoms. The van der Waals surface area contributed by atoms with Crippen LogP contribution in [-0.2, 0) is 6.42 Å². The minimum absolute atomic E-state index is 0.482. The van der Waals surface area contributed by atoms with Crippen molar-refractivity contribution in [1.82, 2.24) is 4.98 Å². The SMILES string of the molecule is Cc1cccc(C(CBr)Cc2nc3ccccc3s2)c1. The summed E-state index contributed by atoms with van der Waals surface area (Å²) in [6.45, 7) is 2.15. The van der Waals surface area contributed by atoms with Crippen molar-refractivity contribution in [3.05, 3.63) is 64.7 Å². The second kappa shape index (κ2) is 6.06. The fraction of sp³-hybridized carbons (Fsp3) is 0.235. The highest BCUT2D eigenvalue weighted by atomic mass is 79.9. The second-order valence-corrected chi connectivity index (χ2v) is 6.81. The molecule has 1 unspecified atom stereocenters. The molecule has 0 amide bonds. The van der Waals surface area contributed by atoms with E-state index in [-0.39, 0.29) is 0 Å². The number of para-hydroxylation sites is 1. The van der Waals surface area contributed by atoms with Crippen LogP contribution in [0.25, 0.3) is 10.2 Å². The van der Waals surface area contributed by atoms with Gasteiger partial charge in [0.05, 0.1) is 15.2 Å². The van der Waals surface area contributed by atoms with Crippen molar-refractivity contribution in [3.63, 3.8) is 0 Å². The van der Waals surface area contributed by atoms with Gasteiger partial charge in [-0.15, -0.1) is 11.3 Å². The zero-order chi connectivity index (χ0) is 13.9. The van der Waals surface area contributed by atoms with Gasteiger partial charge in [0.15, 0.2) is 0 Å². The average Bonchev–Trinajstić information content (AvgIpc) is 2.87. The number of benzene rings is 2. The first-order valence-electron chi connectivity index (χ1n) is 6.73. The van der Waals surface area contributed by atoms with Crippen molar-refractivity contribution in [2.24, 2.45) is 0 Å². The van der Waals surface area contributed by atoms with E-state index < -0.39 is 0 Å². The third kappa shape index (κ3) is 2.94. The Bertz CT molecular complexity index is 687. The molecule has 3 aromatic rings. The monoisotopic (exact) mass is 345 g/mol. The molecule has 0 aliphatic rings. The van der Waals surface area contributed by atoms with Crippen LogP contribution in [0.1, 0.15) is 22.1 Å². The zero-order valence-electron chi connectivity index (χ0n) is 11.3. The van der Waals surface area contributed by atoms with Crippen LogP contribution < -0.4 is 0 Å². The molecule has 0 bridgehead atoms. The summed E-state index contributed by atoms with van der Waals surface area (Å²) < 4.78 is 1.28. The lowest BCUT2D eigenvalue weighted by Gasteiger charge is -2.13. The van der Waals surface area contributed by atoms with Crippen LogP contribution in [0.4, 0.5) is 0 Å². The number of fused-ring (bicyclic) bond motifs is 1. The first-order valence-corrected chi connectivity index (χ1v) is 8.67. The summed E-state index contributed by atoms with van der Waals surface area (Å²) in [4.78, 5) is 4.75. The van der Waals surface area contributed by atoms with Gasteiger partial charge in [-0.25, -0.2) is 4.98 Å². The van der Waals surface area contributed by atoms with Gasteiger partial charge in [-0.1, -0.05) is 57.9 Å². The minimum Gasteiger partial charge on any atom is -0.241 e. The largest absolute Gasteiger partial charge is 0.241 e. The van der Waals surface area contributed by atoms with Crippen LogP contribution in [-0.4, -0.2) is 10.3 Å². The molecule has 0 saturated heterocycles. The Morgan fingerprint density at radius 1 is 1.15 bits per heavy atom. The van der Waals surface area contributed by atoms with Crippen molar-refractivity contribution < 1.29 is 0 Å². The molecule has 1 heterocycles. The Morgan fingerprint density at radius 3 is 2.75 bits per heavy atom. The highest BCUT2D eigenvalue weighted by molar-refractivity contribution is 9.09. The molecule has 0 saturated carbocycles. The fourth-order valence-corrected chi connectivity index (χ4v) is 4.05.